The number of anilines is 2. The minimum Gasteiger partial charge on any atom is -0.424 e. The predicted molar refractivity (Wildman–Crippen MR) is 104 cm³/mol. The van der Waals surface area contributed by atoms with Crippen molar-refractivity contribution in [2.45, 2.75) is 19.9 Å². The van der Waals surface area contributed by atoms with Crippen molar-refractivity contribution in [3.63, 3.8) is 0 Å². The number of nitrogens with one attached hydrogen (secondary N) is 2. The highest BCUT2D eigenvalue weighted by Gasteiger charge is 2.09. The summed E-state index contributed by atoms with van der Waals surface area (Å²) in [5.41, 5.74) is 5.35. The van der Waals surface area contributed by atoms with E-state index in [1.165, 1.54) is 0 Å². The normalized spacial score (nSPS) is 10.8. The Labute approximate surface area is 159 Å². The lowest BCUT2D eigenvalue weighted by Gasteiger charge is -2.12. The summed E-state index contributed by atoms with van der Waals surface area (Å²) >= 11 is 0. The SMILES string of the molecule is CC(C)Nc1nc(NCCOCCOCCN)nc(Oc2ccccc2)n1. The van der Waals surface area contributed by atoms with E-state index >= 15 is 0 Å². The molecule has 27 heavy (non-hydrogen) atoms. The monoisotopic (exact) mass is 376 g/mol. The van der Waals surface area contributed by atoms with E-state index in [-0.39, 0.29) is 12.1 Å². The van der Waals surface area contributed by atoms with Gasteiger partial charge in [-0.15, -0.1) is 0 Å². The number of rotatable bonds is 13. The Morgan fingerprint density at radius 3 is 2.33 bits per heavy atom. The molecule has 148 valence electrons. The molecule has 0 aliphatic rings. The zero-order valence-corrected chi connectivity index (χ0v) is 15.9. The molecule has 9 heteroatoms. The van der Waals surface area contributed by atoms with Crippen LogP contribution in [0.25, 0.3) is 0 Å². The van der Waals surface area contributed by atoms with Crippen molar-refractivity contribution in [3.8, 4) is 11.8 Å². The van der Waals surface area contributed by atoms with Gasteiger partial charge in [0, 0.05) is 19.1 Å². The molecule has 0 spiro atoms. The summed E-state index contributed by atoms with van der Waals surface area (Å²) in [6.07, 6.45) is 0. The molecule has 4 N–H and O–H groups in total. The van der Waals surface area contributed by atoms with Crippen molar-refractivity contribution in [2.24, 2.45) is 5.73 Å². The Morgan fingerprint density at radius 1 is 0.926 bits per heavy atom. The standard InChI is InChI=1S/C18H28N6O3/c1-14(2)21-17-22-16(20-9-11-26-13-12-25-10-8-19)23-18(24-17)27-15-6-4-3-5-7-15/h3-7,14H,8-13,19H2,1-2H3,(H2,20,21,22,23,24). The van der Waals surface area contributed by atoms with Gasteiger partial charge in [-0.05, 0) is 26.0 Å². The van der Waals surface area contributed by atoms with Crippen molar-refractivity contribution < 1.29 is 14.2 Å². The van der Waals surface area contributed by atoms with Gasteiger partial charge in [0.15, 0.2) is 0 Å². The van der Waals surface area contributed by atoms with Crippen molar-refractivity contribution in [1.29, 1.82) is 0 Å². The molecule has 2 rings (SSSR count). The van der Waals surface area contributed by atoms with Gasteiger partial charge in [0.25, 0.3) is 0 Å². The van der Waals surface area contributed by atoms with E-state index in [2.05, 4.69) is 25.6 Å². The predicted octanol–water partition coefficient (Wildman–Crippen LogP) is 1.89. The smallest absolute Gasteiger partial charge is 0.328 e. The van der Waals surface area contributed by atoms with Crippen molar-refractivity contribution in [1.82, 2.24) is 15.0 Å². The maximum Gasteiger partial charge on any atom is 0.328 e. The van der Waals surface area contributed by atoms with Crippen LogP contribution in [-0.4, -0.2) is 60.5 Å². The minimum absolute atomic E-state index is 0.182. The first-order valence-electron chi connectivity index (χ1n) is 9.02. The molecular formula is C18H28N6O3. The Kier molecular flexibility index (Phi) is 9.25. The molecule has 0 fully saturated rings. The first-order valence-corrected chi connectivity index (χ1v) is 9.02. The van der Waals surface area contributed by atoms with E-state index < -0.39 is 0 Å². The largest absolute Gasteiger partial charge is 0.424 e. The van der Waals surface area contributed by atoms with Crippen LogP contribution < -0.4 is 21.1 Å². The van der Waals surface area contributed by atoms with Crippen LogP contribution in [-0.2, 0) is 9.47 Å². The van der Waals surface area contributed by atoms with Crippen molar-refractivity contribution >= 4 is 11.9 Å². The van der Waals surface area contributed by atoms with Crippen molar-refractivity contribution in [2.75, 3.05) is 50.2 Å². The summed E-state index contributed by atoms with van der Waals surface area (Å²) in [5.74, 6) is 1.53. The van der Waals surface area contributed by atoms with Crippen LogP contribution in [0.3, 0.4) is 0 Å². The summed E-state index contributed by atoms with van der Waals surface area (Å²) < 4.78 is 16.4. The third-order valence-corrected chi connectivity index (χ3v) is 3.15. The van der Waals surface area contributed by atoms with E-state index in [9.17, 15) is 0 Å². The first-order chi connectivity index (χ1) is 13.2. The van der Waals surface area contributed by atoms with Gasteiger partial charge in [-0.25, -0.2) is 0 Å². The molecule has 0 radical (unpaired) electrons. The maximum atomic E-state index is 5.72. The summed E-state index contributed by atoms with van der Waals surface area (Å²) in [5, 5.41) is 6.28. The van der Waals surface area contributed by atoms with E-state index in [0.29, 0.717) is 57.2 Å². The summed E-state index contributed by atoms with van der Waals surface area (Å²) in [4.78, 5) is 13.0. The van der Waals surface area contributed by atoms with Gasteiger partial charge in [-0.2, -0.15) is 15.0 Å². The van der Waals surface area contributed by atoms with E-state index in [4.69, 9.17) is 19.9 Å². The van der Waals surface area contributed by atoms with Gasteiger partial charge in [-0.3, -0.25) is 0 Å². The van der Waals surface area contributed by atoms with Crippen LogP contribution in [0.15, 0.2) is 30.3 Å². The summed E-state index contributed by atoms with van der Waals surface area (Å²) in [6, 6.07) is 9.77. The molecule has 2 aromatic rings. The second-order valence-corrected chi connectivity index (χ2v) is 5.92. The van der Waals surface area contributed by atoms with Gasteiger partial charge in [0.05, 0.1) is 26.4 Å². The molecule has 0 aliphatic carbocycles. The average Bonchev–Trinajstić information content (AvgIpc) is 2.64. The molecule has 1 aromatic carbocycles. The summed E-state index contributed by atoms with van der Waals surface area (Å²) in [6.45, 7) is 7.17. The fourth-order valence-corrected chi connectivity index (χ4v) is 2.04. The molecule has 0 saturated heterocycles. The highest BCUT2D eigenvalue weighted by Crippen LogP contribution is 2.19. The molecule has 0 atom stereocenters. The van der Waals surface area contributed by atoms with E-state index in [0.717, 1.165) is 0 Å². The molecule has 0 unspecified atom stereocenters. The lowest BCUT2D eigenvalue weighted by Crippen LogP contribution is -2.17. The van der Waals surface area contributed by atoms with Crippen LogP contribution in [0.2, 0.25) is 0 Å². The minimum atomic E-state index is 0.182. The molecular weight excluding hydrogens is 348 g/mol. The number of aromatic nitrogens is 3. The van der Waals surface area contributed by atoms with Gasteiger partial charge in [0.2, 0.25) is 11.9 Å². The molecule has 9 nitrogen and oxygen atoms in total. The fourth-order valence-electron chi connectivity index (χ4n) is 2.04. The zero-order chi connectivity index (χ0) is 19.3. The molecule has 0 bridgehead atoms. The van der Waals surface area contributed by atoms with Crippen LogP contribution in [0.5, 0.6) is 11.8 Å². The quantitative estimate of drug-likeness (QED) is 0.451. The molecule has 0 aliphatic heterocycles. The second-order valence-electron chi connectivity index (χ2n) is 5.92. The van der Waals surface area contributed by atoms with Gasteiger partial charge < -0.3 is 30.6 Å². The number of hydrogen-bond donors (Lipinski definition) is 3. The topological polar surface area (TPSA) is 116 Å². The number of para-hydroxylation sites is 1. The maximum absolute atomic E-state index is 5.72. The van der Waals surface area contributed by atoms with E-state index in [1.807, 2.05) is 44.2 Å². The third-order valence-electron chi connectivity index (χ3n) is 3.15. The molecule has 1 heterocycles. The Bertz CT molecular complexity index is 657. The Balaban J connectivity index is 1.88. The third kappa shape index (κ3) is 8.63. The summed E-state index contributed by atoms with van der Waals surface area (Å²) in [7, 11) is 0. The molecule has 0 saturated carbocycles. The zero-order valence-electron chi connectivity index (χ0n) is 15.9. The highest BCUT2D eigenvalue weighted by atomic mass is 16.5. The fraction of sp³-hybridized carbons (Fsp3) is 0.500. The number of hydrogen-bond acceptors (Lipinski definition) is 9. The van der Waals surface area contributed by atoms with Gasteiger partial charge >= 0.3 is 6.01 Å². The van der Waals surface area contributed by atoms with Crippen LogP contribution in [0.4, 0.5) is 11.9 Å². The Hall–Kier alpha value is -2.49. The number of ether oxygens (including phenoxy) is 3. The molecule has 1 aromatic heterocycles. The van der Waals surface area contributed by atoms with Crippen molar-refractivity contribution in [3.05, 3.63) is 30.3 Å². The Morgan fingerprint density at radius 2 is 1.63 bits per heavy atom. The van der Waals surface area contributed by atoms with Crippen LogP contribution in [0, 0.1) is 0 Å². The van der Waals surface area contributed by atoms with Gasteiger partial charge in [-0.1, -0.05) is 18.2 Å². The first kappa shape index (κ1) is 20.8. The van der Waals surface area contributed by atoms with E-state index in [1.54, 1.807) is 0 Å². The lowest BCUT2D eigenvalue weighted by atomic mass is 10.3. The highest BCUT2D eigenvalue weighted by molar-refractivity contribution is 5.37. The average molecular weight is 376 g/mol. The lowest BCUT2D eigenvalue weighted by molar-refractivity contribution is 0.0547. The van der Waals surface area contributed by atoms with Crippen LogP contribution in [0.1, 0.15) is 13.8 Å². The van der Waals surface area contributed by atoms with Gasteiger partial charge in [0.1, 0.15) is 5.75 Å². The number of nitrogens with zero attached hydrogens (tertiary/aromatic N) is 3. The number of benzene rings is 1. The van der Waals surface area contributed by atoms with Crippen LogP contribution >= 0.6 is 0 Å². The molecule has 0 amide bonds. The number of nitrogens with two attached hydrogens (primary N) is 1. The second kappa shape index (κ2) is 12.0.